The molecule has 0 bridgehead atoms. The van der Waals surface area contributed by atoms with Crippen LogP contribution < -0.4 is 5.56 Å². The number of rotatable bonds is 3. The van der Waals surface area contributed by atoms with Gasteiger partial charge in [0, 0.05) is 36.9 Å². The second-order valence-electron chi connectivity index (χ2n) is 7.95. The summed E-state index contributed by atoms with van der Waals surface area (Å²) in [5, 5.41) is 34.6. The number of aryl methyl sites for hydroxylation is 1. The Kier molecular flexibility index (Phi) is 4.74. The van der Waals surface area contributed by atoms with Gasteiger partial charge in [-0.1, -0.05) is 24.3 Å². The molecule has 0 saturated carbocycles. The minimum absolute atomic E-state index is 0.0672. The van der Waals surface area contributed by atoms with Gasteiger partial charge in [0.15, 0.2) is 0 Å². The topological polar surface area (TPSA) is 124 Å². The molecule has 1 atom stereocenters. The van der Waals surface area contributed by atoms with Crippen LogP contribution >= 0.6 is 0 Å². The van der Waals surface area contributed by atoms with E-state index in [0.29, 0.717) is 33.4 Å². The summed E-state index contributed by atoms with van der Waals surface area (Å²) in [6, 6.07) is 13.3. The molecule has 2 aromatic heterocycles. The molecule has 3 heterocycles. The Labute approximate surface area is 188 Å². The number of aromatic hydroxyl groups is 2. The maximum Gasteiger partial charge on any atom is 0.263 e. The normalized spacial score (nSPS) is 15.8. The van der Waals surface area contributed by atoms with Crippen molar-refractivity contribution in [1.82, 2.24) is 19.8 Å². The number of phenolic OH excluding ortho intramolecular Hbond substituents is 1. The van der Waals surface area contributed by atoms with Crippen LogP contribution in [0.2, 0.25) is 0 Å². The van der Waals surface area contributed by atoms with E-state index >= 15 is 0 Å². The molecule has 0 radical (unpaired) electrons. The highest BCUT2D eigenvalue weighted by Gasteiger charge is 2.36. The predicted octanol–water partition coefficient (Wildman–Crippen LogP) is 3.04. The first-order valence-corrected chi connectivity index (χ1v) is 10.4. The van der Waals surface area contributed by atoms with Gasteiger partial charge in [0.1, 0.15) is 17.1 Å². The van der Waals surface area contributed by atoms with Crippen molar-refractivity contribution in [3.8, 4) is 22.8 Å². The number of carbonyl (C=O) groups is 1. The summed E-state index contributed by atoms with van der Waals surface area (Å²) < 4.78 is 1.46. The minimum Gasteiger partial charge on any atom is -0.507 e. The van der Waals surface area contributed by atoms with E-state index < -0.39 is 11.6 Å². The lowest BCUT2D eigenvalue weighted by atomic mass is 9.95. The molecule has 5 rings (SSSR count). The fourth-order valence-electron chi connectivity index (χ4n) is 4.38. The van der Waals surface area contributed by atoms with Crippen LogP contribution in [0.5, 0.6) is 11.5 Å². The van der Waals surface area contributed by atoms with Crippen molar-refractivity contribution in [2.75, 3.05) is 0 Å². The number of fused-ring (bicyclic) bond motifs is 1. The Bertz CT molecular complexity index is 1500. The van der Waals surface area contributed by atoms with Gasteiger partial charge >= 0.3 is 0 Å². The van der Waals surface area contributed by atoms with Crippen LogP contribution in [0.3, 0.4) is 0 Å². The van der Waals surface area contributed by atoms with Crippen LogP contribution in [0.15, 0.2) is 64.6 Å². The van der Waals surface area contributed by atoms with Crippen LogP contribution in [0.1, 0.15) is 30.5 Å². The maximum atomic E-state index is 13.2. The van der Waals surface area contributed by atoms with Gasteiger partial charge in [-0.25, -0.2) is 5.01 Å². The van der Waals surface area contributed by atoms with Crippen molar-refractivity contribution < 1.29 is 15.0 Å². The van der Waals surface area contributed by atoms with E-state index in [9.17, 15) is 19.8 Å². The number of aromatic amines is 1. The average Bonchev–Trinajstić information content (AvgIpc) is 3.45. The van der Waals surface area contributed by atoms with Crippen molar-refractivity contribution in [1.29, 1.82) is 0 Å². The van der Waals surface area contributed by atoms with Gasteiger partial charge < -0.3 is 14.8 Å². The van der Waals surface area contributed by atoms with E-state index in [-0.39, 0.29) is 29.4 Å². The molecule has 1 aliphatic heterocycles. The van der Waals surface area contributed by atoms with Crippen molar-refractivity contribution >= 4 is 22.5 Å². The summed E-state index contributed by atoms with van der Waals surface area (Å²) in [6.45, 7) is 1.39. The zero-order valence-electron chi connectivity index (χ0n) is 18.0. The predicted molar refractivity (Wildman–Crippen MR) is 123 cm³/mol. The fraction of sp³-hybridized carbons (Fsp3) is 0.167. The Balaban J connectivity index is 1.64. The number of nitrogens with zero attached hydrogens (tertiary/aromatic N) is 4. The summed E-state index contributed by atoms with van der Waals surface area (Å²) in [4.78, 5) is 25.6. The molecule has 1 amide bonds. The van der Waals surface area contributed by atoms with Gasteiger partial charge in [0.05, 0.1) is 29.2 Å². The Morgan fingerprint density at radius 2 is 1.85 bits per heavy atom. The number of hydrogen-bond acceptors (Lipinski definition) is 6. The zero-order valence-corrected chi connectivity index (χ0v) is 18.0. The van der Waals surface area contributed by atoms with Gasteiger partial charge in [0.25, 0.3) is 5.56 Å². The van der Waals surface area contributed by atoms with E-state index in [1.807, 2.05) is 0 Å². The summed E-state index contributed by atoms with van der Waals surface area (Å²) in [7, 11) is 1.63. The summed E-state index contributed by atoms with van der Waals surface area (Å²) in [6.07, 6.45) is 1.78. The molecule has 1 unspecified atom stereocenters. The smallest absolute Gasteiger partial charge is 0.263 e. The van der Waals surface area contributed by atoms with Crippen molar-refractivity contribution in [3.05, 3.63) is 76.2 Å². The highest BCUT2D eigenvalue weighted by atomic mass is 16.3. The van der Waals surface area contributed by atoms with Crippen LogP contribution in [0.25, 0.3) is 22.2 Å². The van der Waals surface area contributed by atoms with E-state index in [4.69, 9.17) is 0 Å². The lowest BCUT2D eigenvalue weighted by Gasteiger charge is -2.20. The van der Waals surface area contributed by atoms with Crippen molar-refractivity contribution in [2.24, 2.45) is 12.1 Å². The number of pyridine rings is 1. The van der Waals surface area contributed by atoms with Gasteiger partial charge in [-0.3, -0.25) is 14.7 Å². The van der Waals surface area contributed by atoms with E-state index in [2.05, 4.69) is 15.3 Å². The molecule has 0 fully saturated rings. The third-order valence-electron chi connectivity index (χ3n) is 6.00. The number of amides is 1. The first kappa shape index (κ1) is 20.5. The van der Waals surface area contributed by atoms with Crippen molar-refractivity contribution in [2.45, 2.75) is 19.4 Å². The number of nitrogens with one attached hydrogen (secondary N) is 1. The lowest BCUT2D eigenvalue weighted by molar-refractivity contribution is -0.130. The average molecular weight is 443 g/mol. The van der Waals surface area contributed by atoms with Gasteiger partial charge in [-0.15, -0.1) is 0 Å². The van der Waals surface area contributed by atoms with Gasteiger partial charge in [0.2, 0.25) is 5.91 Å². The number of aromatic nitrogens is 3. The Morgan fingerprint density at radius 3 is 2.61 bits per heavy atom. The molecular weight excluding hydrogens is 422 g/mol. The number of H-pyrrole nitrogens is 1. The summed E-state index contributed by atoms with van der Waals surface area (Å²) in [5.74, 6) is -0.418. The molecule has 33 heavy (non-hydrogen) atoms. The van der Waals surface area contributed by atoms with Crippen LogP contribution in [0, 0.1) is 0 Å². The lowest BCUT2D eigenvalue weighted by Crippen LogP contribution is -2.25. The molecular formula is C24H21N5O4. The summed E-state index contributed by atoms with van der Waals surface area (Å²) in [5.41, 5.74) is 2.30. The molecule has 9 heteroatoms. The molecule has 1 aliphatic rings. The number of para-hydroxylation sites is 2. The van der Waals surface area contributed by atoms with E-state index in [0.717, 1.165) is 0 Å². The number of hydrazone groups is 1. The SMILES string of the molecule is CC(=O)N1N=C(c2c(O)c3ccccc3n(C)c2=O)CC1c1cn[nH]c1-c1ccccc1O. The van der Waals surface area contributed by atoms with E-state index in [1.165, 1.54) is 16.5 Å². The van der Waals surface area contributed by atoms with Crippen molar-refractivity contribution in [3.63, 3.8) is 0 Å². The van der Waals surface area contributed by atoms with Crippen LogP contribution in [0.4, 0.5) is 0 Å². The second-order valence-corrected chi connectivity index (χ2v) is 7.95. The zero-order chi connectivity index (χ0) is 23.3. The number of carbonyl (C=O) groups excluding carboxylic acids is 1. The van der Waals surface area contributed by atoms with Gasteiger partial charge in [-0.2, -0.15) is 10.2 Å². The Morgan fingerprint density at radius 1 is 1.12 bits per heavy atom. The highest BCUT2D eigenvalue weighted by molar-refractivity contribution is 6.08. The molecule has 166 valence electrons. The molecule has 2 aromatic carbocycles. The number of phenols is 1. The number of benzene rings is 2. The molecule has 0 saturated heterocycles. The molecule has 4 aromatic rings. The Hall–Kier alpha value is -4.40. The molecule has 9 nitrogen and oxygen atoms in total. The monoisotopic (exact) mass is 443 g/mol. The third kappa shape index (κ3) is 3.16. The minimum atomic E-state index is -0.568. The molecule has 3 N–H and O–H groups in total. The molecule has 0 aliphatic carbocycles. The van der Waals surface area contributed by atoms with Crippen LogP contribution in [-0.2, 0) is 11.8 Å². The maximum absolute atomic E-state index is 13.2. The second kappa shape index (κ2) is 7.63. The van der Waals surface area contributed by atoms with E-state index in [1.54, 1.807) is 61.8 Å². The quantitative estimate of drug-likeness (QED) is 0.449. The first-order valence-electron chi connectivity index (χ1n) is 10.4. The van der Waals surface area contributed by atoms with Gasteiger partial charge in [-0.05, 0) is 24.3 Å². The standard InChI is InChI=1S/C24H21N5O4/c1-13(30)29-19(16-12-25-26-22(16)15-8-4-6-10-20(15)31)11-17(27-29)21-23(32)14-7-3-5-9-18(14)28(2)24(21)33/h3-10,12,19,31-32H,11H2,1-2H3,(H,25,26). The fourth-order valence-corrected chi connectivity index (χ4v) is 4.38. The number of hydrogen-bond donors (Lipinski definition) is 3. The van der Waals surface area contributed by atoms with Crippen LogP contribution in [-0.4, -0.2) is 41.6 Å². The third-order valence-corrected chi connectivity index (χ3v) is 6.00. The largest absolute Gasteiger partial charge is 0.507 e. The summed E-state index contributed by atoms with van der Waals surface area (Å²) >= 11 is 0. The highest BCUT2D eigenvalue weighted by Crippen LogP contribution is 2.40. The first-order chi connectivity index (χ1) is 15.9. The molecule has 0 spiro atoms.